The predicted molar refractivity (Wildman–Crippen MR) is 98.6 cm³/mol. The zero-order valence-electron chi connectivity index (χ0n) is 15.1. The van der Waals surface area contributed by atoms with Gasteiger partial charge < -0.3 is 0 Å². The maximum atomic E-state index is 12.7. The van der Waals surface area contributed by atoms with E-state index in [4.69, 9.17) is 0 Å². The van der Waals surface area contributed by atoms with Gasteiger partial charge in [-0.25, -0.2) is 0 Å². The van der Waals surface area contributed by atoms with Gasteiger partial charge in [0.2, 0.25) is 0 Å². The van der Waals surface area contributed by atoms with Crippen molar-refractivity contribution in [2.24, 2.45) is 17.8 Å². The molecule has 2 rings (SSSR count). The third-order valence-electron chi connectivity index (χ3n) is 4.95. The molecular formula is C19H29NO3Sn. The number of rotatable bonds is 6. The number of carboxylic acids is 1. The molecule has 1 aliphatic rings. The molecule has 1 fully saturated rings. The molecular weight excluding hydrogens is 409 g/mol. The molecule has 0 aromatic heterocycles. The summed E-state index contributed by atoms with van der Waals surface area (Å²) in [5.74, 6) is -1.41. The summed E-state index contributed by atoms with van der Waals surface area (Å²) in [5.41, 5.74) is 1.18. The third kappa shape index (κ3) is 5.23. The molecule has 1 amide bonds. The van der Waals surface area contributed by atoms with E-state index in [1.165, 1.54) is 5.56 Å². The molecule has 0 aliphatic carbocycles. The molecule has 0 spiro atoms. The standard InChI is InChI=1S/C16H20NO3.3CH3.Sn/c1-10-14(11(2)16(19)20)9-13(17-15(10)18)8-12-6-4-3-5-7-12;;;;/h3-7,10-11,13-14H,1,8-9H2,2H3,(H,17,18)(H,19,20);3*1H3;/t10-,11?,13+,14-;;;;/m1..../s1. The fourth-order valence-electron chi connectivity index (χ4n) is 3.73. The van der Waals surface area contributed by atoms with Crippen LogP contribution in [0, 0.1) is 17.8 Å². The normalized spacial score (nSPS) is 25.8. The molecule has 1 aromatic rings. The van der Waals surface area contributed by atoms with E-state index in [-0.39, 0.29) is 23.8 Å². The molecule has 1 heterocycles. The van der Waals surface area contributed by atoms with Crippen molar-refractivity contribution < 1.29 is 14.7 Å². The van der Waals surface area contributed by atoms with Crippen LogP contribution in [0.3, 0.4) is 0 Å². The van der Waals surface area contributed by atoms with E-state index in [0.717, 1.165) is 17.3 Å². The van der Waals surface area contributed by atoms with E-state index >= 15 is 0 Å². The Bertz CT molecular complexity index is 582. The van der Waals surface area contributed by atoms with E-state index in [2.05, 4.69) is 32.3 Å². The molecule has 0 bridgehead atoms. The Morgan fingerprint density at radius 2 is 1.92 bits per heavy atom. The first kappa shape index (κ1) is 19.3. The number of hydrogen-bond donors (Lipinski definition) is 2. The second-order valence-electron chi connectivity index (χ2n) is 8.29. The van der Waals surface area contributed by atoms with Gasteiger partial charge in [-0.05, 0) is 0 Å². The summed E-state index contributed by atoms with van der Waals surface area (Å²) in [6.07, 6.45) is 1.52. The van der Waals surface area contributed by atoms with Crippen molar-refractivity contribution in [3.63, 3.8) is 0 Å². The van der Waals surface area contributed by atoms with Gasteiger partial charge in [0.05, 0.1) is 0 Å². The molecule has 5 heteroatoms. The van der Waals surface area contributed by atoms with Gasteiger partial charge in [0, 0.05) is 0 Å². The van der Waals surface area contributed by atoms with Crippen LogP contribution in [0.1, 0.15) is 18.9 Å². The van der Waals surface area contributed by atoms with Gasteiger partial charge in [-0.2, -0.15) is 0 Å². The summed E-state index contributed by atoms with van der Waals surface area (Å²) in [7, 11) is 0. The first-order chi connectivity index (χ1) is 11.2. The van der Waals surface area contributed by atoms with Crippen molar-refractivity contribution >= 4 is 30.3 Å². The van der Waals surface area contributed by atoms with Crippen molar-refractivity contribution in [3.05, 3.63) is 35.9 Å². The number of carbonyl (C=O) groups excluding carboxylic acids is 1. The average molecular weight is 438 g/mol. The second kappa shape index (κ2) is 7.89. The SMILES string of the molecule is CC(C(=O)O)[C@@H]1C[C@H](Cc2ccccc2)NC(=O)[C@@H]1[CH2][Sn]([CH3])([CH3])[CH3]. The maximum absolute atomic E-state index is 12.7. The van der Waals surface area contributed by atoms with Crippen molar-refractivity contribution in [1.82, 2.24) is 5.32 Å². The van der Waals surface area contributed by atoms with Crippen molar-refractivity contribution in [1.29, 1.82) is 0 Å². The number of aliphatic carboxylic acids is 1. The van der Waals surface area contributed by atoms with Gasteiger partial charge in [0.1, 0.15) is 0 Å². The quantitative estimate of drug-likeness (QED) is 0.670. The minimum atomic E-state index is -2.20. The Hall–Kier alpha value is -1.04. The zero-order valence-corrected chi connectivity index (χ0v) is 17.9. The van der Waals surface area contributed by atoms with Crippen LogP contribution in [-0.4, -0.2) is 41.4 Å². The van der Waals surface area contributed by atoms with E-state index in [0.29, 0.717) is 0 Å². The van der Waals surface area contributed by atoms with Crippen LogP contribution in [0.2, 0.25) is 19.3 Å². The number of nitrogens with one attached hydrogen (secondary N) is 1. The van der Waals surface area contributed by atoms with Crippen LogP contribution < -0.4 is 5.32 Å². The van der Waals surface area contributed by atoms with Gasteiger partial charge in [0.15, 0.2) is 0 Å². The fourth-order valence-corrected chi connectivity index (χ4v) is 8.89. The van der Waals surface area contributed by atoms with Gasteiger partial charge >= 0.3 is 149 Å². The van der Waals surface area contributed by atoms with Gasteiger partial charge in [0.25, 0.3) is 0 Å². The summed E-state index contributed by atoms with van der Waals surface area (Å²) < 4.78 is 0.918. The van der Waals surface area contributed by atoms with Crippen LogP contribution in [0.15, 0.2) is 30.3 Å². The average Bonchev–Trinajstić information content (AvgIpc) is 2.48. The van der Waals surface area contributed by atoms with Crippen LogP contribution in [0.25, 0.3) is 0 Å². The first-order valence-corrected chi connectivity index (χ1v) is 19.3. The molecule has 1 saturated heterocycles. The number of benzene rings is 1. The number of piperidine rings is 1. The number of carbonyl (C=O) groups is 2. The fraction of sp³-hybridized carbons (Fsp3) is 0.579. The summed E-state index contributed by atoms with van der Waals surface area (Å²) in [6, 6.07) is 10.1. The molecule has 4 nitrogen and oxygen atoms in total. The molecule has 0 radical (unpaired) electrons. The minimum absolute atomic E-state index is 0.0260. The van der Waals surface area contributed by atoms with Gasteiger partial charge in [-0.15, -0.1) is 0 Å². The third-order valence-corrected chi connectivity index (χ3v) is 9.70. The van der Waals surface area contributed by atoms with Crippen LogP contribution in [0.5, 0.6) is 0 Å². The Labute approximate surface area is 148 Å². The monoisotopic (exact) mass is 439 g/mol. The molecule has 24 heavy (non-hydrogen) atoms. The molecule has 1 unspecified atom stereocenters. The molecule has 4 atom stereocenters. The first-order valence-electron chi connectivity index (χ1n) is 8.74. The van der Waals surface area contributed by atoms with Crippen LogP contribution in [-0.2, 0) is 16.0 Å². The summed E-state index contributed by atoms with van der Waals surface area (Å²) >= 11 is -2.20. The van der Waals surface area contributed by atoms with Crippen molar-refractivity contribution in [2.45, 2.75) is 45.1 Å². The molecule has 1 aliphatic heterocycles. The molecule has 2 N–H and O–H groups in total. The van der Waals surface area contributed by atoms with E-state index in [1.807, 2.05) is 18.2 Å². The van der Waals surface area contributed by atoms with Crippen LogP contribution >= 0.6 is 0 Å². The summed E-state index contributed by atoms with van der Waals surface area (Å²) in [4.78, 5) is 31.2. The zero-order chi connectivity index (χ0) is 17.9. The molecule has 0 saturated carbocycles. The Balaban J connectivity index is 2.18. The van der Waals surface area contributed by atoms with E-state index < -0.39 is 30.3 Å². The van der Waals surface area contributed by atoms with E-state index in [9.17, 15) is 14.7 Å². The number of amides is 1. The Morgan fingerprint density at radius 3 is 2.46 bits per heavy atom. The molecule has 1 aromatic carbocycles. The number of carboxylic acid groups (broad SMARTS) is 1. The van der Waals surface area contributed by atoms with Crippen molar-refractivity contribution in [3.8, 4) is 0 Å². The summed E-state index contributed by atoms with van der Waals surface area (Å²) in [5, 5.41) is 12.7. The molecule has 132 valence electrons. The van der Waals surface area contributed by atoms with Gasteiger partial charge in [-0.3, -0.25) is 0 Å². The number of hydrogen-bond acceptors (Lipinski definition) is 2. The van der Waals surface area contributed by atoms with Gasteiger partial charge in [-0.1, -0.05) is 0 Å². The second-order valence-corrected chi connectivity index (χ2v) is 24.1. The topological polar surface area (TPSA) is 66.4 Å². The Kier molecular flexibility index (Phi) is 6.34. The Morgan fingerprint density at radius 1 is 1.29 bits per heavy atom. The summed E-state index contributed by atoms with van der Waals surface area (Å²) in [6.45, 7) is 1.76. The van der Waals surface area contributed by atoms with Crippen LogP contribution in [0.4, 0.5) is 0 Å². The van der Waals surface area contributed by atoms with E-state index in [1.54, 1.807) is 6.92 Å². The predicted octanol–water partition coefficient (Wildman–Crippen LogP) is 3.41. The van der Waals surface area contributed by atoms with Crippen molar-refractivity contribution in [2.75, 3.05) is 0 Å².